The van der Waals surface area contributed by atoms with Crippen molar-refractivity contribution in [2.24, 2.45) is 0 Å². The van der Waals surface area contributed by atoms with Gasteiger partial charge in [-0.05, 0) is 18.2 Å². The summed E-state index contributed by atoms with van der Waals surface area (Å²) in [5.41, 5.74) is 1.94. The smallest absolute Gasteiger partial charge is 0.157 e. The lowest BCUT2D eigenvalue weighted by atomic mass is 10.1. The predicted octanol–water partition coefficient (Wildman–Crippen LogP) is 2.85. The molecule has 0 aliphatic carbocycles. The highest BCUT2D eigenvalue weighted by molar-refractivity contribution is 5.67. The lowest BCUT2D eigenvalue weighted by Gasteiger charge is -2.08. The van der Waals surface area contributed by atoms with Gasteiger partial charge in [0.15, 0.2) is 6.29 Å². The highest BCUT2D eigenvalue weighted by Gasteiger charge is 1.99. The number of benzene rings is 1. The zero-order valence-corrected chi connectivity index (χ0v) is 10.5. The predicted molar refractivity (Wildman–Crippen MR) is 77.3 cm³/mol. The van der Waals surface area contributed by atoms with E-state index < -0.39 is 0 Å². The second-order valence-corrected chi connectivity index (χ2v) is 3.09. The average molecular weight is 253 g/mol. The van der Waals surface area contributed by atoms with Gasteiger partial charge in [0.25, 0.3) is 0 Å². The molecule has 18 heavy (non-hydrogen) atoms. The van der Waals surface area contributed by atoms with Crippen LogP contribution in [-0.2, 0) is 9.53 Å². The van der Waals surface area contributed by atoms with Gasteiger partial charge in [0.05, 0.1) is 0 Å². The van der Waals surface area contributed by atoms with E-state index in [0.717, 1.165) is 17.5 Å². The van der Waals surface area contributed by atoms with Crippen LogP contribution in [0.3, 0.4) is 0 Å². The summed E-state index contributed by atoms with van der Waals surface area (Å²) in [5.74, 6) is 0.672. The number of nitrogens with one attached hydrogen (secondary N) is 1. The summed E-state index contributed by atoms with van der Waals surface area (Å²) in [6.45, 7) is 3.77. The second-order valence-electron chi connectivity index (χ2n) is 3.09. The Hall–Kier alpha value is -1.81. The van der Waals surface area contributed by atoms with Crippen molar-refractivity contribution < 1.29 is 14.3 Å². The minimum atomic E-state index is 0. The van der Waals surface area contributed by atoms with Gasteiger partial charge in [-0.1, -0.05) is 20.1 Å². The molecule has 1 N–H and O–H groups in total. The molecular formula is C14H23NO3. The highest BCUT2D eigenvalue weighted by atomic mass is 16.5. The number of anilines is 1. The van der Waals surface area contributed by atoms with E-state index in [2.05, 4.69) is 16.6 Å². The molecule has 0 atom stereocenters. The normalized spacial score (nSPS) is 8.17. The average Bonchev–Trinajstić information content (AvgIpc) is 2.36. The number of hydrogen-bond donors (Lipinski definition) is 1. The first-order valence-corrected chi connectivity index (χ1v) is 5.14. The van der Waals surface area contributed by atoms with Gasteiger partial charge in [-0.25, -0.2) is 0 Å². The minimum Gasteiger partial charge on any atom is -0.486 e. The van der Waals surface area contributed by atoms with Crippen LogP contribution in [-0.4, -0.2) is 34.2 Å². The number of carbonyl (C=O) groups is 1. The molecule has 0 saturated carbocycles. The van der Waals surface area contributed by atoms with Gasteiger partial charge in [-0.2, -0.15) is 0 Å². The Balaban J connectivity index is 0. The van der Waals surface area contributed by atoms with Crippen molar-refractivity contribution in [3.8, 4) is 5.75 Å². The van der Waals surface area contributed by atoms with Gasteiger partial charge in [0, 0.05) is 32.5 Å². The van der Waals surface area contributed by atoms with Gasteiger partial charge in [0.2, 0.25) is 0 Å². The molecule has 1 rings (SSSR count). The summed E-state index contributed by atoms with van der Waals surface area (Å²) in [5, 5.41) is 3.03. The SMILES string of the molecule is C.C=Cc1cc(OCC=O)ccc1NC.COC. The molecule has 4 heteroatoms. The fraction of sp³-hybridized carbons (Fsp3) is 0.357. The summed E-state index contributed by atoms with van der Waals surface area (Å²) < 4.78 is 9.40. The van der Waals surface area contributed by atoms with Crippen LogP contribution in [0.15, 0.2) is 24.8 Å². The van der Waals surface area contributed by atoms with E-state index in [1.807, 2.05) is 25.2 Å². The maximum Gasteiger partial charge on any atom is 0.157 e. The molecule has 1 aromatic rings. The van der Waals surface area contributed by atoms with E-state index in [9.17, 15) is 4.79 Å². The van der Waals surface area contributed by atoms with E-state index in [-0.39, 0.29) is 14.0 Å². The molecule has 0 radical (unpaired) electrons. The van der Waals surface area contributed by atoms with Crippen LogP contribution in [0, 0.1) is 0 Å². The Morgan fingerprint density at radius 1 is 1.39 bits per heavy atom. The summed E-state index contributed by atoms with van der Waals surface area (Å²) in [6, 6.07) is 5.53. The van der Waals surface area contributed by atoms with Crippen molar-refractivity contribution in [1.82, 2.24) is 0 Å². The molecule has 0 fully saturated rings. The standard InChI is InChI=1S/C11H13NO2.C2H6O.CH4/c1-3-9-8-10(14-7-6-13)4-5-11(9)12-2;1-3-2;/h3-6,8,12H,1,7H2,2H3;1-2H3;1H4. The third-order valence-corrected chi connectivity index (χ3v) is 1.83. The summed E-state index contributed by atoms with van der Waals surface area (Å²) in [4.78, 5) is 10.1. The molecule has 0 bridgehead atoms. The first-order chi connectivity index (χ1) is 8.23. The number of aldehydes is 1. The molecule has 0 heterocycles. The van der Waals surface area contributed by atoms with Gasteiger partial charge in [0.1, 0.15) is 12.4 Å². The van der Waals surface area contributed by atoms with Crippen molar-refractivity contribution in [1.29, 1.82) is 0 Å². The first-order valence-electron chi connectivity index (χ1n) is 5.14. The van der Waals surface area contributed by atoms with Crippen LogP contribution in [0.5, 0.6) is 5.75 Å². The van der Waals surface area contributed by atoms with Crippen molar-refractivity contribution in [2.75, 3.05) is 33.2 Å². The Bertz CT molecular complexity index is 351. The first kappa shape index (κ1) is 18.6. The molecule has 0 aliphatic heterocycles. The van der Waals surface area contributed by atoms with E-state index >= 15 is 0 Å². The van der Waals surface area contributed by atoms with Crippen LogP contribution in [0.2, 0.25) is 0 Å². The quantitative estimate of drug-likeness (QED) is 0.820. The topological polar surface area (TPSA) is 47.6 Å². The van der Waals surface area contributed by atoms with E-state index in [1.165, 1.54) is 0 Å². The van der Waals surface area contributed by atoms with Gasteiger partial charge in [-0.3, -0.25) is 4.79 Å². The second kappa shape index (κ2) is 11.7. The molecule has 0 aliphatic rings. The fourth-order valence-electron chi connectivity index (χ4n) is 1.16. The number of rotatable bonds is 5. The lowest BCUT2D eigenvalue weighted by molar-refractivity contribution is -0.109. The number of hydrogen-bond acceptors (Lipinski definition) is 4. The van der Waals surface area contributed by atoms with E-state index in [0.29, 0.717) is 5.75 Å². The molecule has 0 spiro atoms. The molecule has 0 aromatic heterocycles. The van der Waals surface area contributed by atoms with Crippen LogP contribution in [0.4, 0.5) is 5.69 Å². The largest absolute Gasteiger partial charge is 0.486 e. The third kappa shape index (κ3) is 6.70. The molecular weight excluding hydrogens is 230 g/mol. The number of carbonyl (C=O) groups excluding carboxylic acids is 1. The maximum atomic E-state index is 10.1. The van der Waals surface area contributed by atoms with E-state index in [4.69, 9.17) is 4.74 Å². The minimum absolute atomic E-state index is 0. The molecule has 0 unspecified atom stereocenters. The Morgan fingerprint density at radius 2 is 2.00 bits per heavy atom. The highest BCUT2D eigenvalue weighted by Crippen LogP contribution is 2.22. The van der Waals surface area contributed by atoms with Crippen molar-refractivity contribution in [2.45, 2.75) is 7.43 Å². The molecule has 1 aromatic carbocycles. The van der Waals surface area contributed by atoms with Crippen LogP contribution in [0.1, 0.15) is 13.0 Å². The van der Waals surface area contributed by atoms with Crippen LogP contribution >= 0.6 is 0 Å². The molecule has 0 saturated heterocycles. The summed E-state index contributed by atoms with van der Waals surface area (Å²) in [7, 11) is 5.09. The van der Waals surface area contributed by atoms with Gasteiger partial charge < -0.3 is 14.8 Å². The van der Waals surface area contributed by atoms with Gasteiger partial charge in [-0.15, -0.1) is 0 Å². The summed E-state index contributed by atoms with van der Waals surface area (Å²) >= 11 is 0. The molecule has 0 amide bonds. The number of ether oxygens (including phenoxy) is 2. The number of methoxy groups -OCH3 is 1. The van der Waals surface area contributed by atoms with Crippen LogP contribution in [0.25, 0.3) is 6.08 Å². The van der Waals surface area contributed by atoms with E-state index in [1.54, 1.807) is 20.3 Å². The van der Waals surface area contributed by atoms with Crippen molar-refractivity contribution >= 4 is 18.0 Å². The molecule has 102 valence electrons. The fourth-order valence-corrected chi connectivity index (χ4v) is 1.16. The Morgan fingerprint density at radius 3 is 2.44 bits per heavy atom. The summed E-state index contributed by atoms with van der Waals surface area (Å²) in [6.07, 6.45) is 2.46. The van der Waals surface area contributed by atoms with Crippen LogP contribution < -0.4 is 10.1 Å². The zero-order valence-electron chi connectivity index (χ0n) is 10.5. The zero-order chi connectivity index (χ0) is 13.1. The van der Waals surface area contributed by atoms with Crippen molar-refractivity contribution in [3.05, 3.63) is 30.3 Å². The molecule has 4 nitrogen and oxygen atoms in total. The maximum absolute atomic E-state index is 10.1. The van der Waals surface area contributed by atoms with Crippen molar-refractivity contribution in [3.63, 3.8) is 0 Å². The van der Waals surface area contributed by atoms with Gasteiger partial charge >= 0.3 is 0 Å². The Kier molecular flexibility index (Phi) is 12.0. The monoisotopic (exact) mass is 253 g/mol. The Labute approximate surface area is 110 Å². The lowest BCUT2D eigenvalue weighted by Crippen LogP contribution is -1.98. The third-order valence-electron chi connectivity index (χ3n) is 1.83.